The second kappa shape index (κ2) is 6.57. The second-order valence-electron chi connectivity index (χ2n) is 4.34. The second-order valence-corrected chi connectivity index (χ2v) is 4.75. The van der Waals surface area contributed by atoms with E-state index in [1.807, 2.05) is 0 Å². The lowest BCUT2D eigenvalue weighted by molar-refractivity contribution is -0.387. The lowest BCUT2D eigenvalue weighted by atomic mass is 10.1. The van der Waals surface area contributed by atoms with Gasteiger partial charge in [-0.3, -0.25) is 14.9 Å². The number of amides is 1. The number of methoxy groups -OCH3 is 1. The standard InChI is InChI=1S/C14H9ClF2N2O4/c1-23-13-3-2-7(4-9(13)15)18-14(20)8-5-11(17)12(19(21)22)6-10(8)16/h2-6H,1H3,(H,18,20). The average Bonchev–Trinajstić information content (AvgIpc) is 2.49. The molecule has 0 aliphatic heterocycles. The first-order valence-electron chi connectivity index (χ1n) is 6.11. The van der Waals surface area contributed by atoms with E-state index in [1.54, 1.807) is 0 Å². The van der Waals surface area contributed by atoms with Gasteiger partial charge in [-0.2, -0.15) is 4.39 Å². The Labute approximate surface area is 133 Å². The van der Waals surface area contributed by atoms with Gasteiger partial charge in [0, 0.05) is 5.69 Å². The third-order valence-electron chi connectivity index (χ3n) is 2.89. The van der Waals surface area contributed by atoms with Gasteiger partial charge < -0.3 is 10.1 Å². The molecular weight excluding hydrogens is 334 g/mol. The van der Waals surface area contributed by atoms with Crippen LogP contribution in [0.3, 0.4) is 0 Å². The molecule has 23 heavy (non-hydrogen) atoms. The number of nitrogens with one attached hydrogen (secondary N) is 1. The molecule has 0 heterocycles. The molecule has 0 saturated heterocycles. The van der Waals surface area contributed by atoms with Crippen LogP contribution in [0.15, 0.2) is 30.3 Å². The van der Waals surface area contributed by atoms with Crippen LogP contribution in [0.25, 0.3) is 0 Å². The molecule has 0 saturated carbocycles. The van der Waals surface area contributed by atoms with E-state index in [9.17, 15) is 23.7 Å². The molecule has 1 N–H and O–H groups in total. The average molecular weight is 343 g/mol. The number of carbonyl (C=O) groups is 1. The number of hydrogen-bond acceptors (Lipinski definition) is 4. The number of rotatable bonds is 4. The summed E-state index contributed by atoms with van der Waals surface area (Å²) in [6.07, 6.45) is 0. The highest BCUT2D eigenvalue weighted by Crippen LogP contribution is 2.28. The molecule has 1 amide bonds. The largest absolute Gasteiger partial charge is 0.495 e. The first-order valence-corrected chi connectivity index (χ1v) is 6.49. The van der Waals surface area contributed by atoms with Gasteiger partial charge in [0.25, 0.3) is 5.91 Å². The summed E-state index contributed by atoms with van der Waals surface area (Å²) < 4.78 is 32.2. The van der Waals surface area contributed by atoms with Crippen molar-refractivity contribution in [3.8, 4) is 5.75 Å². The van der Waals surface area contributed by atoms with Crippen LogP contribution < -0.4 is 10.1 Å². The molecule has 0 aliphatic carbocycles. The summed E-state index contributed by atoms with van der Waals surface area (Å²) in [5.74, 6) is -3.13. The fourth-order valence-corrected chi connectivity index (χ4v) is 2.05. The number of ether oxygens (including phenoxy) is 1. The van der Waals surface area contributed by atoms with E-state index in [0.717, 1.165) is 0 Å². The van der Waals surface area contributed by atoms with E-state index < -0.39 is 33.7 Å². The number of benzene rings is 2. The molecule has 0 radical (unpaired) electrons. The molecule has 0 unspecified atom stereocenters. The first kappa shape index (κ1) is 16.6. The van der Waals surface area contributed by atoms with Crippen molar-refractivity contribution in [1.29, 1.82) is 0 Å². The van der Waals surface area contributed by atoms with Crippen molar-refractivity contribution in [2.45, 2.75) is 0 Å². The molecule has 0 spiro atoms. The molecule has 0 atom stereocenters. The van der Waals surface area contributed by atoms with E-state index in [2.05, 4.69) is 5.32 Å². The van der Waals surface area contributed by atoms with Crippen LogP contribution in [-0.2, 0) is 0 Å². The predicted molar refractivity (Wildman–Crippen MR) is 79.0 cm³/mol. The summed E-state index contributed by atoms with van der Waals surface area (Å²) in [7, 11) is 1.41. The molecule has 9 heteroatoms. The molecule has 0 fully saturated rings. The quantitative estimate of drug-likeness (QED) is 0.677. The number of nitro groups is 1. The van der Waals surface area contributed by atoms with Gasteiger partial charge in [-0.15, -0.1) is 0 Å². The SMILES string of the molecule is COc1ccc(NC(=O)c2cc(F)c([N+](=O)[O-])cc2F)cc1Cl. The predicted octanol–water partition coefficient (Wildman–Crippen LogP) is 3.79. The highest BCUT2D eigenvalue weighted by molar-refractivity contribution is 6.32. The van der Waals surface area contributed by atoms with E-state index >= 15 is 0 Å². The Hall–Kier alpha value is -2.74. The number of nitrogens with zero attached hydrogens (tertiary/aromatic N) is 1. The van der Waals surface area contributed by atoms with Gasteiger partial charge in [0.15, 0.2) is 0 Å². The normalized spacial score (nSPS) is 10.3. The van der Waals surface area contributed by atoms with Gasteiger partial charge >= 0.3 is 5.69 Å². The van der Waals surface area contributed by atoms with Crippen LogP contribution in [0.2, 0.25) is 5.02 Å². The molecule has 0 aliphatic rings. The maximum Gasteiger partial charge on any atom is 0.307 e. The van der Waals surface area contributed by atoms with Gasteiger partial charge in [-0.25, -0.2) is 4.39 Å². The van der Waals surface area contributed by atoms with E-state index in [-0.39, 0.29) is 10.7 Å². The lowest BCUT2D eigenvalue weighted by Crippen LogP contribution is -2.14. The van der Waals surface area contributed by atoms with Crippen LogP contribution >= 0.6 is 11.6 Å². The minimum Gasteiger partial charge on any atom is -0.495 e. The minimum absolute atomic E-state index is 0.209. The summed E-state index contributed by atoms with van der Waals surface area (Å²) in [5, 5.41) is 13.0. The molecule has 2 rings (SSSR count). The third kappa shape index (κ3) is 3.54. The van der Waals surface area contributed by atoms with Crippen LogP contribution in [0.4, 0.5) is 20.2 Å². The Kier molecular flexibility index (Phi) is 4.75. The zero-order valence-electron chi connectivity index (χ0n) is 11.6. The van der Waals surface area contributed by atoms with Crippen LogP contribution in [0, 0.1) is 21.7 Å². The summed E-state index contributed by atoms with van der Waals surface area (Å²) >= 11 is 5.89. The number of anilines is 1. The molecular formula is C14H9ClF2N2O4. The smallest absolute Gasteiger partial charge is 0.307 e. The molecule has 6 nitrogen and oxygen atoms in total. The Balaban J connectivity index is 2.29. The molecule has 0 aromatic heterocycles. The van der Waals surface area contributed by atoms with E-state index in [0.29, 0.717) is 17.9 Å². The Bertz CT molecular complexity index is 799. The monoisotopic (exact) mass is 342 g/mol. The lowest BCUT2D eigenvalue weighted by Gasteiger charge is -2.09. The number of halogens is 3. The summed E-state index contributed by atoms with van der Waals surface area (Å²) in [6, 6.07) is 5.10. The summed E-state index contributed by atoms with van der Waals surface area (Å²) in [4.78, 5) is 21.4. The van der Waals surface area contributed by atoms with Crippen LogP contribution in [-0.4, -0.2) is 17.9 Å². The van der Waals surface area contributed by atoms with Crippen LogP contribution in [0.1, 0.15) is 10.4 Å². The molecule has 2 aromatic carbocycles. The summed E-state index contributed by atoms with van der Waals surface area (Å²) in [5.41, 5.74) is -1.49. The fourth-order valence-electron chi connectivity index (χ4n) is 1.79. The molecule has 2 aromatic rings. The number of nitro benzene ring substituents is 1. The van der Waals surface area contributed by atoms with Crippen molar-refractivity contribution < 1.29 is 23.2 Å². The Morgan fingerprint density at radius 2 is 1.96 bits per heavy atom. The van der Waals surface area contributed by atoms with Gasteiger partial charge in [-0.05, 0) is 24.3 Å². The van der Waals surface area contributed by atoms with Crippen molar-refractivity contribution in [3.63, 3.8) is 0 Å². The zero-order chi connectivity index (χ0) is 17.1. The topological polar surface area (TPSA) is 81.5 Å². The third-order valence-corrected chi connectivity index (χ3v) is 3.18. The van der Waals surface area contributed by atoms with Gasteiger partial charge in [0.2, 0.25) is 5.82 Å². The maximum absolute atomic E-state index is 13.8. The van der Waals surface area contributed by atoms with E-state index in [4.69, 9.17) is 16.3 Å². The minimum atomic E-state index is -1.31. The highest BCUT2D eigenvalue weighted by Gasteiger charge is 2.22. The number of carbonyl (C=O) groups excluding carboxylic acids is 1. The van der Waals surface area contributed by atoms with Gasteiger partial charge in [0.1, 0.15) is 11.6 Å². The zero-order valence-corrected chi connectivity index (χ0v) is 12.4. The first-order chi connectivity index (χ1) is 10.8. The van der Waals surface area contributed by atoms with Crippen LogP contribution in [0.5, 0.6) is 5.75 Å². The van der Waals surface area contributed by atoms with Gasteiger partial charge in [-0.1, -0.05) is 11.6 Å². The Morgan fingerprint density at radius 1 is 1.26 bits per heavy atom. The van der Waals surface area contributed by atoms with Crippen molar-refractivity contribution >= 4 is 28.9 Å². The van der Waals surface area contributed by atoms with Crippen molar-refractivity contribution in [2.24, 2.45) is 0 Å². The molecule has 0 bridgehead atoms. The van der Waals surface area contributed by atoms with E-state index in [1.165, 1.54) is 25.3 Å². The highest BCUT2D eigenvalue weighted by atomic mass is 35.5. The maximum atomic E-state index is 13.8. The van der Waals surface area contributed by atoms with Gasteiger partial charge in [0.05, 0.1) is 28.7 Å². The van der Waals surface area contributed by atoms with Crippen molar-refractivity contribution in [3.05, 3.63) is 62.7 Å². The summed E-state index contributed by atoms with van der Waals surface area (Å²) in [6.45, 7) is 0. The fraction of sp³-hybridized carbons (Fsp3) is 0.0714. The molecule has 120 valence electrons. The van der Waals surface area contributed by atoms with Crippen molar-refractivity contribution in [2.75, 3.05) is 12.4 Å². The van der Waals surface area contributed by atoms with Crippen molar-refractivity contribution in [1.82, 2.24) is 0 Å². The number of hydrogen-bond donors (Lipinski definition) is 1. The Morgan fingerprint density at radius 3 is 2.52 bits per heavy atom.